The number of carbonyl (C=O) groups is 1. The molecular formula is C19H26N4O2. The Bertz CT molecular complexity index is 696. The van der Waals surface area contributed by atoms with Crippen LogP contribution in [0.2, 0.25) is 0 Å². The highest BCUT2D eigenvalue weighted by molar-refractivity contribution is 5.96. The molecule has 6 heteroatoms. The quantitative estimate of drug-likeness (QED) is 0.896. The number of piperidine rings is 1. The predicted octanol–water partition coefficient (Wildman–Crippen LogP) is 2.78. The monoisotopic (exact) mass is 342 g/mol. The Kier molecular flexibility index (Phi) is 4.81. The van der Waals surface area contributed by atoms with Crippen molar-refractivity contribution in [2.24, 2.45) is 0 Å². The lowest BCUT2D eigenvalue weighted by atomic mass is 9.87. The Morgan fingerprint density at radius 2 is 1.92 bits per heavy atom. The Labute approximate surface area is 148 Å². The molecule has 0 unspecified atom stereocenters. The summed E-state index contributed by atoms with van der Waals surface area (Å²) >= 11 is 0. The van der Waals surface area contributed by atoms with Crippen LogP contribution in [0.4, 0.5) is 5.69 Å². The molecule has 3 rings (SSSR count). The summed E-state index contributed by atoms with van der Waals surface area (Å²) in [5.74, 6) is 0.761. The maximum absolute atomic E-state index is 13.1. The van der Waals surface area contributed by atoms with Crippen molar-refractivity contribution in [2.45, 2.75) is 44.8 Å². The largest absolute Gasteiger partial charge is 0.488 e. The molecule has 2 heterocycles. The molecule has 1 aromatic carbocycles. The summed E-state index contributed by atoms with van der Waals surface area (Å²) < 4.78 is 7.61. The van der Waals surface area contributed by atoms with Crippen molar-refractivity contribution in [1.29, 1.82) is 0 Å². The van der Waals surface area contributed by atoms with Gasteiger partial charge in [0.25, 0.3) is 5.91 Å². The summed E-state index contributed by atoms with van der Waals surface area (Å²) in [5.41, 5.74) is -0.129. The van der Waals surface area contributed by atoms with E-state index in [4.69, 9.17) is 4.74 Å². The van der Waals surface area contributed by atoms with Crippen LogP contribution in [0.3, 0.4) is 0 Å². The average molecular weight is 342 g/mol. The Morgan fingerprint density at radius 3 is 2.48 bits per heavy atom. The molecule has 2 N–H and O–H groups in total. The SMILES string of the molecule is CC(C)(C)Oc1ccc(NC(=O)C2(n3cccn3)CCNCC2)cc1. The number of anilines is 1. The number of benzene rings is 1. The lowest BCUT2D eigenvalue weighted by Crippen LogP contribution is -2.52. The number of aromatic nitrogens is 2. The number of ether oxygens (including phenoxy) is 1. The molecule has 134 valence electrons. The van der Waals surface area contributed by atoms with Gasteiger partial charge in [0.2, 0.25) is 0 Å². The fourth-order valence-corrected chi connectivity index (χ4v) is 3.13. The lowest BCUT2D eigenvalue weighted by Gasteiger charge is -2.36. The molecule has 0 radical (unpaired) electrons. The lowest BCUT2D eigenvalue weighted by molar-refractivity contribution is -0.126. The fraction of sp³-hybridized carbons (Fsp3) is 0.474. The molecule has 6 nitrogen and oxygen atoms in total. The van der Waals surface area contributed by atoms with Crippen LogP contribution >= 0.6 is 0 Å². The third-order valence-corrected chi connectivity index (χ3v) is 4.33. The van der Waals surface area contributed by atoms with Crippen molar-refractivity contribution < 1.29 is 9.53 Å². The van der Waals surface area contributed by atoms with Gasteiger partial charge in [-0.15, -0.1) is 0 Å². The molecule has 0 spiro atoms. The second-order valence-electron chi connectivity index (χ2n) is 7.43. The predicted molar refractivity (Wildman–Crippen MR) is 97.8 cm³/mol. The number of nitrogens with one attached hydrogen (secondary N) is 2. The van der Waals surface area contributed by atoms with E-state index in [1.165, 1.54) is 0 Å². The Hall–Kier alpha value is -2.34. The van der Waals surface area contributed by atoms with Crippen molar-refractivity contribution >= 4 is 11.6 Å². The topological polar surface area (TPSA) is 68.2 Å². The van der Waals surface area contributed by atoms with Crippen LogP contribution < -0.4 is 15.4 Å². The van der Waals surface area contributed by atoms with Gasteiger partial charge in [0.15, 0.2) is 0 Å². The van der Waals surface area contributed by atoms with Gasteiger partial charge in [-0.25, -0.2) is 0 Å². The van der Waals surface area contributed by atoms with Gasteiger partial charge < -0.3 is 15.4 Å². The third-order valence-electron chi connectivity index (χ3n) is 4.33. The Balaban J connectivity index is 1.76. The van der Waals surface area contributed by atoms with E-state index in [-0.39, 0.29) is 11.5 Å². The van der Waals surface area contributed by atoms with Crippen LogP contribution in [0.5, 0.6) is 5.75 Å². The number of rotatable bonds is 4. The molecule has 1 fully saturated rings. The molecule has 0 saturated carbocycles. The maximum atomic E-state index is 13.1. The van der Waals surface area contributed by atoms with Crippen molar-refractivity contribution in [3.63, 3.8) is 0 Å². The van der Waals surface area contributed by atoms with Crippen molar-refractivity contribution in [2.75, 3.05) is 18.4 Å². The molecule has 0 aliphatic carbocycles. The number of nitrogens with zero attached hydrogens (tertiary/aromatic N) is 2. The van der Waals surface area contributed by atoms with Crippen molar-refractivity contribution in [3.05, 3.63) is 42.7 Å². The fourth-order valence-electron chi connectivity index (χ4n) is 3.13. The van der Waals surface area contributed by atoms with Gasteiger partial charge >= 0.3 is 0 Å². The van der Waals surface area contributed by atoms with Gasteiger partial charge in [0, 0.05) is 18.1 Å². The molecule has 25 heavy (non-hydrogen) atoms. The number of hydrogen-bond donors (Lipinski definition) is 2. The van der Waals surface area contributed by atoms with E-state index in [1.54, 1.807) is 10.9 Å². The maximum Gasteiger partial charge on any atom is 0.252 e. The molecule has 1 aliphatic rings. The first-order valence-electron chi connectivity index (χ1n) is 8.70. The zero-order valence-electron chi connectivity index (χ0n) is 15.1. The van der Waals surface area contributed by atoms with Crippen LogP contribution in [0.15, 0.2) is 42.7 Å². The second-order valence-corrected chi connectivity index (χ2v) is 7.43. The summed E-state index contributed by atoms with van der Waals surface area (Å²) in [5, 5.41) is 10.7. The second kappa shape index (κ2) is 6.88. The molecule has 1 aromatic heterocycles. The minimum Gasteiger partial charge on any atom is -0.488 e. The highest BCUT2D eigenvalue weighted by atomic mass is 16.5. The Morgan fingerprint density at radius 1 is 1.24 bits per heavy atom. The van der Waals surface area contributed by atoms with Crippen LogP contribution in [0.1, 0.15) is 33.6 Å². The highest BCUT2D eigenvalue weighted by Crippen LogP contribution is 2.29. The first-order valence-corrected chi connectivity index (χ1v) is 8.70. The number of carbonyl (C=O) groups excluding carboxylic acids is 1. The number of amides is 1. The molecule has 2 aromatic rings. The standard InChI is InChI=1S/C19H26N4O2/c1-18(2,3)25-16-7-5-15(6-8-16)22-17(24)19(9-12-20-13-10-19)23-14-4-11-21-23/h4-8,11,14,20H,9-10,12-13H2,1-3H3,(H,22,24). The van der Waals surface area contributed by atoms with Gasteiger partial charge in [-0.05, 0) is 77.0 Å². The first kappa shape index (κ1) is 17.5. The zero-order valence-corrected chi connectivity index (χ0v) is 15.1. The van der Waals surface area contributed by atoms with E-state index in [0.29, 0.717) is 12.8 Å². The van der Waals surface area contributed by atoms with Gasteiger partial charge in [-0.1, -0.05) is 0 Å². The van der Waals surface area contributed by atoms with Crippen LogP contribution in [0, 0.1) is 0 Å². The van der Waals surface area contributed by atoms with Crippen LogP contribution in [-0.4, -0.2) is 34.4 Å². The number of hydrogen-bond acceptors (Lipinski definition) is 4. The van der Waals surface area contributed by atoms with Crippen LogP contribution in [0.25, 0.3) is 0 Å². The zero-order chi connectivity index (χ0) is 17.9. The van der Waals surface area contributed by atoms with E-state index >= 15 is 0 Å². The van der Waals surface area contributed by atoms with Gasteiger partial charge in [0.1, 0.15) is 16.9 Å². The third kappa shape index (κ3) is 4.02. The highest BCUT2D eigenvalue weighted by Gasteiger charge is 2.42. The van der Waals surface area contributed by atoms with E-state index in [1.807, 2.05) is 57.3 Å². The normalized spacial score (nSPS) is 17.1. The first-order chi connectivity index (χ1) is 11.9. The molecule has 1 aliphatic heterocycles. The van der Waals surface area contributed by atoms with E-state index in [0.717, 1.165) is 24.5 Å². The molecular weight excluding hydrogens is 316 g/mol. The molecule has 1 amide bonds. The van der Waals surface area contributed by atoms with E-state index in [2.05, 4.69) is 15.7 Å². The molecule has 1 saturated heterocycles. The summed E-state index contributed by atoms with van der Waals surface area (Å²) in [6, 6.07) is 9.36. The van der Waals surface area contributed by atoms with E-state index in [9.17, 15) is 4.79 Å². The van der Waals surface area contributed by atoms with Gasteiger partial charge in [-0.3, -0.25) is 9.48 Å². The van der Waals surface area contributed by atoms with Crippen molar-refractivity contribution in [1.82, 2.24) is 15.1 Å². The van der Waals surface area contributed by atoms with Crippen molar-refractivity contribution in [3.8, 4) is 5.75 Å². The van der Waals surface area contributed by atoms with Crippen LogP contribution in [-0.2, 0) is 10.3 Å². The van der Waals surface area contributed by atoms with Gasteiger partial charge in [0.05, 0.1) is 0 Å². The summed E-state index contributed by atoms with van der Waals surface area (Å²) in [6.45, 7) is 7.62. The minimum absolute atomic E-state index is 0.0258. The van der Waals surface area contributed by atoms with Gasteiger partial charge in [-0.2, -0.15) is 5.10 Å². The summed E-state index contributed by atoms with van der Waals surface area (Å²) in [7, 11) is 0. The van der Waals surface area contributed by atoms with E-state index < -0.39 is 5.54 Å². The summed E-state index contributed by atoms with van der Waals surface area (Å²) in [6.07, 6.45) is 5.01. The molecule has 0 atom stereocenters. The molecule has 0 bridgehead atoms. The smallest absolute Gasteiger partial charge is 0.252 e. The average Bonchev–Trinajstić information content (AvgIpc) is 3.11. The minimum atomic E-state index is -0.644. The summed E-state index contributed by atoms with van der Waals surface area (Å²) in [4.78, 5) is 13.1.